The van der Waals surface area contributed by atoms with Crippen LogP contribution in [0.5, 0.6) is 11.5 Å². The molecule has 0 aliphatic carbocycles. The van der Waals surface area contributed by atoms with Gasteiger partial charge in [0.1, 0.15) is 17.7 Å². The Morgan fingerprint density at radius 3 is 2.45 bits per heavy atom. The fourth-order valence-electron chi connectivity index (χ4n) is 3.52. The number of hydrogen-bond donors (Lipinski definition) is 3. The summed E-state index contributed by atoms with van der Waals surface area (Å²) in [5.41, 5.74) is 5.26. The van der Waals surface area contributed by atoms with Crippen LogP contribution in [0.4, 0.5) is 0 Å². The molecule has 29 heavy (non-hydrogen) atoms. The van der Waals surface area contributed by atoms with Crippen LogP contribution in [-0.4, -0.2) is 12.2 Å². The normalized spacial score (nSPS) is 18.7. The lowest BCUT2D eigenvalue weighted by molar-refractivity contribution is 0.408. The first-order valence-electron chi connectivity index (χ1n) is 9.48. The fourth-order valence-corrected chi connectivity index (χ4v) is 4.08. The molecule has 1 aliphatic heterocycles. The zero-order chi connectivity index (χ0) is 20.4. The van der Waals surface area contributed by atoms with E-state index < -0.39 is 0 Å². The van der Waals surface area contributed by atoms with Gasteiger partial charge in [-0.25, -0.2) is 0 Å². The van der Waals surface area contributed by atoms with Crippen LogP contribution in [0.1, 0.15) is 34.5 Å². The van der Waals surface area contributed by atoms with Crippen molar-refractivity contribution < 1.29 is 9.84 Å². The zero-order valence-corrected chi connectivity index (χ0v) is 17.9. The number of ether oxygens (including phenoxy) is 1. The molecule has 3 aromatic carbocycles. The highest BCUT2D eigenvalue weighted by molar-refractivity contribution is 9.10. The molecule has 1 heterocycles. The van der Waals surface area contributed by atoms with Gasteiger partial charge in [0.2, 0.25) is 0 Å². The summed E-state index contributed by atoms with van der Waals surface area (Å²) in [6, 6.07) is 21.8. The minimum atomic E-state index is -0.139. The Balaban J connectivity index is 1.75. The Labute approximate surface area is 179 Å². The SMILES string of the molecule is COc1ccc(C2NC(c3ccc(C)cc3)=CC(c3ccccc3O)N2)cc1Br. The van der Waals surface area contributed by atoms with E-state index in [1.807, 2.05) is 36.4 Å². The molecule has 3 N–H and O–H groups in total. The molecule has 3 aromatic rings. The molecule has 0 saturated heterocycles. The molecule has 0 aromatic heterocycles. The van der Waals surface area contributed by atoms with Gasteiger partial charge in [-0.2, -0.15) is 0 Å². The minimum Gasteiger partial charge on any atom is -0.508 e. The second kappa shape index (κ2) is 8.31. The lowest BCUT2D eigenvalue weighted by Crippen LogP contribution is -2.39. The van der Waals surface area contributed by atoms with Gasteiger partial charge in [-0.05, 0) is 58.3 Å². The molecule has 4 nitrogen and oxygen atoms in total. The molecule has 2 atom stereocenters. The Morgan fingerprint density at radius 2 is 1.76 bits per heavy atom. The Bertz CT molecular complexity index is 1050. The van der Waals surface area contributed by atoms with Crippen molar-refractivity contribution in [3.63, 3.8) is 0 Å². The molecular formula is C24H23BrN2O2. The van der Waals surface area contributed by atoms with Crippen molar-refractivity contribution in [2.45, 2.75) is 19.1 Å². The van der Waals surface area contributed by atoms with E-state index in [1.165, 1.54) is 5.56 Å². The average molecular weight is 451 g/mol. The fraction of sp³-hybridized carbons (Fsp3) is 0.167. The highest BCUT2D eigenvalue weighted by Gasteiger charge is 2.26. The lowest BCUT2D eigenvalue weighted by atomic mass is 9.97. The van der Waals surface area contributed by atoms with E-state index in [-0.39, 0.29) is 18.0 Å². The first-order valence-corrected chi connectivity index (χ1v) is 10.3. The van der Waals surface area contributed by atoms with Crippen molar-refractivity contribution in [3.8, 4) is 11.5 Å². The number of phenols is 1. The van der Waals surface area contributed by atoms with E-state index >= 15 is 0 Å². The molecule has 5 heteroatoms. The smallest absolute Gasteiger partial charge is 0.133 e. The highest BCUT2D eigenvalue weighted by atomic mass is 79.9. The number of methoxy groups -OCH3 is 1. The zero-order valence-electron chi connectivity index (χ0n) is 16.3. The van der Waals surface area contributed by atoms with Crippen LogP contribution in [0, 0.1) is 6.92 Å². The van der Waals surface area contributed by atoms with Gasteiger partial charge in [-0.15, -0.1) is 0 Å². The van der Waals surface area contributed by atoms with E-state index in [0.29, 0.717) is 0 Å². The summed E-state index contributed by atoms with van der Waals surface area (Å²) in [6.07, 6.45) is 1.98. The largest absolute Gasteiger partial charge is 0.508 e. The number of phenolic OH excluding ortho intramolecular Hbond substituents is 1. The third kappa shape index (κ3) is 4.16. The number of para-hydroxylation sites is 1. The third-order valence-electron chi connectivity index (χ3n) is 5.12. The Hall–Kier alpha value is -2.76. The van der Waals surface area contributed by atoms with E-state index in [4.69, 9.17) is 4.74 Å². The van der Waals surface area contributed by atoms with Crippen LogP contribution < -0.4 is 15.4 Å². The number of hydrogen-bond acceptors (Lipinski definition) is 4. The van der Waals surface area contributed by atoms with E-state index in [9.17, 15) is 5.11 Å². The molecule has 1 aliphatic rings. The van der Waals surface area contributed by atoms with Crippen molar-refractivity contribution in [2.24, 2.45) is 0 Å². The van der Waals surface area contributed by atoms with Crippen LogP contribution in [0.25, 0.3) is 5.70 Å². The standard InChI is InChI=1S/C24H23BrN2O2/c1-15-7-9-16(10-8-15)20-14-21(18-5-3-4-6-22(18)28)27-24(26-20)17-11-12-23(29-2)19(25)13-17/h3-14,21,24,26-28H,1-2H3. The minimum absolute atomic E-state index is 0.136. The van der Waals surface area contributed by atoms with Crippen molar-refractivity contribution in [3.05, 3.63) is 99.5 Å². The summed E-state index contributed by atoms with van der Waals surface area (Å²) >= 11 is 3.58. The lowest BCUT2D eigenvalue weighted by Gasteiger charge is -2.33. The highest BCUT2D eigenvalue weighted by Crippen LogP contribution is 2.35. The summed E-state index contributed by atoms with van der Waals surface area (Å²) in [5, 5.41) is 17.6. The number of halogens is 1. The second-order valence-corrected chi connectivity index (χ2v) is 7.98. The molecule has 0 radical (unpaired) electrons. The molecular weight excluding hydrogens is 428 g/mol. The van der Waals surface area contributed by atoms with Crippen molar-refractivity contribution in [1.29, 1.82) is 0 Å². The topological polar surface area (TPSA) is 53.5 Å². The van der Waals surface area contributed by atoms with Gasteiger partial charge in [-0.1, -0.05) is 54.1 Å². The van der Waals surface area contributed by atoms with Crippen LogP contribution in [0.15, 0.2) is 77.3 Å². The summed E-state index contributed by atoms with van der Waals surface area (Å²) in [4.78, 5) is 0. The number of aryl methyl sites for hydroxylation is 1. The number of nitrogens with one attached hydrogen (secondary N) is 2. The molecule has 0 fully saturated rings. The molecule has 0 amide bonds. The predicted molar refractivity (Wildman–Crippen MR) is 120 cm³/mol. The third-order valence-corrected chi connectivity index (χ3v) is 5.74. The molecule has 0 bridgehead atoms. The van der Waals surface area contributed by atoms with Crippen LogP contribution >= 0.6 is 15.9 Å². The first-order chi connectivity index (χ1) is 14.0. The van der Waals surface area contributed by atoms with Gasteiger partial charge in [0, 0.05) is 11.3 Å². The molecule has 2 unspecified atom stereocenters. The maximum absolute atomic E-state index is 10.4. The second-order valence-electron chi connectivity index (χ2n) is 7.12. The summed E-state index contributed by atoms with van der Waals surface area (Å²) in [6.45, 7) is 2.08. The van der Waals surface area contributed by atoms with Gasteiger partial charge in [0.05, 0.1) is 17.6 Å². The Morgan fingerprint density at radius 1 is 1.00 bits per heavy atom. The van der Waals surface area contributed by atoms with Crippen molar-refractivity contribution >= 4 is 21.6 Å². The first kappa shape index (κ1) is 19.6. The van der Waals surface area contributed by atoms with Gasteiger partial charge < -0.3 is 15.2 Å². The molecule has 4 rings (SSSR count). The van der Waals surface area contributed by atoms with Crippen molar-refractivity contribution in [1.82, 2.24) is 10.6 Å². The van der Waals surface area contributed by atoms with Gasteiger partial charge in [-0.3, -0.25) is 5.32 Å². The van der Waals surface area contributed by atoms with Crippen LogP contribution in [0.3, 0.4) is 0 Å². The maximum atomic E-state index is 10.4. The quantitative estimate of drug-likeness (QED) is 0.494. The molecule has 0 saturated carbocycles. The van der Waals surface area contributed by atoms with Gasteiger partial charge >= 0.3 is 0 Å². The van der Waals surface area contributed by atoms with E-state index in [1.54, 1.807) is 13.2 Å². The monoisotopic (exact) mass is 450 g/mol. The average Bonchev–Trinajstić information content (AvgIpc) is 2.74. The number of benzene rings is 3. The van der Waals surface area contributed by atoms with Crippen LogP contribution in [-0.2, 0) is 0 Å². The van der Waals surface area contributed by atoms with Crippen molar-refractivity contribution in [2.75, 3.05) is 7.11 Å². The predicted octanol–water partition coefficient (Wildman–Crippen LogP) is 5.45. The van der Waals surface area contributed by atoms with E-state index in [0.717, 1.165) is 32.6 Å². The van der Waals surface area contributed by atoms with Crippen LogP contribution in [0.2, 0.25) is 0 Å². The summed E-state index contributed by atoms with van der Waals surface area (Å²) in [5.74, 6) is 1.07. The van der Waals surface area contributed by atoms with Gasteiger partial charge in [0.15, 0.2) is 0 Å². The maximum Gasteiger partial charge on any atom is 0.133 e. The van der Waals surface area contributed by atoms with Gasteiger partial charge in [0.25, 0.3) is 0 Å². The summed E-state index contributed by atoms with van der Waals surface area (Å²) < 4.78 is 6.26. The Kier molecular flexibility index (Phi) is 5.60. The summed E-state index contributed by atoms with van der Waals surface area (Å²) in [7, 11) is 1.66. The number of rotatable bonds is 4. The molecule has 148 valence electrons. The number of aromatic hydroxyl groups is 1. The van der Waals surface area contributed by atoms with E-state index in [2.05, 4.69) is 63.8 Å². The molecule has 0 spiro atoms.